The highest BCUT2D eigenvalue weighted by Crippen LogP contribution is 2.23. The van der Waals surface area contributed by atoms with Gasteiger partial charge in [0.25, 0.3) is 5.56 Å². The van der Waals surface area contributed by atoms with Crippen molar-refractivity contribution in [1.82, 2.24) is 14.9 Å². The van der Waals surface area contributed by atoms with Crippen LogP contribution in [0.5, 0.6) is 0 Å². The molecule has 1 amide bonds. The zero-order valence-corrected chi connectivity index (χ0v) is 15.4. The number of aromatic nitrogens is 2. The molecule has 1 aliphatic heterocycles. The number of benzene rings is 1. The average Bonchev–Trinajstić information content (AvgIpc) is 2.67. The molecule has 0 unspecified atom stereocenters. The lowest BCUT2D eigenvalue weighted by Gasteiger charge is -2.33. The number of nitrogens with zero attached hydrogens (tertiary/aromatic N) is 4. The summed E-state index contributed by atoms with van der Waals surface area (Å²) < 4.78 is 15.5. The number of rotatable bonds is 4. The number of piperidine rings is 1. The normalized spacial score (nSPS) is 14.5. The van der Waals surface area contributed by atoms with E-state index in [4.69, 9.17) is 10.4 Å². The summed E-state index contributed by atoms with van der Waals surface area (Å²) >= 11 is 0. The quantitative estimate of drug-likeness (QED) is 0.834. The van der Waals surface area contributed by atoms with Crippen molar-refractivity contribution in [2.45, 2.75) is 32.4 Å². The van der Waals surface area contributed by atoms with Crippen molar-refractivity contribution in [2.24, 2.45) is 0 Å². The molecular formula is C19H20FN5O3. The van der Waals surface area contributed by atoms with E-state index in [1.54, 1.807) is 12.1 Å². The third-order valence-corrected chi connectivity index (χ3v) is 4.80. The number of carbonyl (C=O) groups is 1. The molecule has 2 aromatic rings. The molecule has 1 aliphatic rings. The number of carboxylic acid groups (broad SMARTS) is 1. The van der Waals surface area contributed by atoms with E-state index in [9.17, 15) is 14.0 Å². The Morgan fingerprint density at radius 1 is 1.39 bits per heavy atom. The van der Waals surface area contributed by atoms with Crippen LogP contribution < -0.4 is 15.8 Å². The fraction of sp³-hybridized carbons (Fsp3) is 0.368. The summed E-state index contributed by atoms with van der Waals surface area (Å²) in [6, 6.07) is 7.11. The molecule has 0 atom stereocenters. The fourth-order valence-corrected chi connectivity index (χ4v) is 3.34. The van der Waals surface area contributed by atoms with Crippen LogP contribution in [0.1, 0.15) is 25.3 Å². The van der Waals surface area contributed by atoms with Gasteiger partial charge in [0.1, 0.15) is 11.9 Å². The zero-order chi connectivity index (χ0) is 20.3. The molecule has 0 radical (unpaired) electrons. The molecule has 2 N–H and O–H groups in total. The maximum Gasteiger partial charge on any atom is 0.404 e. The minimum atomic E-state index is -1.05. The highest BCUT2D eigenvalue weighted by atomic mass is 19.1. The van der Waals surface area contributed by atoms with Crippen LogP contribution in [-0.2, 0) is 6.54 Å². The van der Waals surface area contributed by atoms with E-state index in [1.807, 2.05) is 11.8 Å². The largest absolute Gasteiger partial charge is 0.465 e. The Morgan fingerprint density at radius 3 is 2.68 bits per heavy atom. The van der Waals surface area contributed by atoms with Gasteiger partial charge in [-0.2, -0.15) is 5.26 Å². The number of hydrogen-bond donors (Lipinski definition) is 2. The summed E-state index contributed by atoms with van der Waals surface area (Å²) in [5.41, 5.74) is 0.427. The maximum absolute atomic E-state index is 14.0. The lowest BCUT2D eigenvalue weighted by atomic mass is 10.1. The number of anilines is 1. The number of amides is 1. The smallest absolute Gasteiger partial charge is 0.404 e. The molecule has 1 fully saturated rings. The molecule has 1 aromatic carbocycles. The molecule has 146 valence electrons. The van der Waals surface area contributed by atoms with E-state index >= 15 is 0 Å². The first kappa shape index (κ1) is 19.4. The third kappa shape index (κ3) is 3.96. The molecule has 0 saturated carbocycles. The summed E-state index contributed by atoms with van der Waals surface area (Å²) in [5, 5.41) is 20.2. The minimum absolute atomic E-state index is 0.0705. The van der Waals surface area contributed by atoms with E-state index < -0.39 is 11.9 Å². The van der Waals surface area contributed by atoms with E-state index in [0.717, 1.165) is 0 Å². The lowest BCUT2D eigenvalue weighted by molar-refractivity contribution is 0.187. The third-order valence-electron chi connectivity index (χ3n) is 4.80. The van der Waals surface area contributed by atoms with Gasteiger partial charge in [0, 0.05) is 37.3 Å². The summed E-state index contributed by atoms with van der Waals surface area (Å²) in [6.07, 6.45) is 0.148. The van der Waals surface area contributed by atoms with Crippen molar-refractivity contribution >= 4 is 12.0 Å². The first-order chi connectivity index (χ1) is 13.4. The van der Waals surface area contributed by atoms with Crippen LogP contribution in [0.15, 0.2) is 29.1 Å². The highest BCUT2D eigenvalue weighted by Gasteiger charge is 2.24. The maximum atomic E-state index is 14.0. The first-order valence-corrected chi connectivity index (χ1v) is 8.99. The van der Waals surface area contributed by atoms with Crippen LogP contribution in [0.25, 0.3) is 11.3 Å². The summed E-state index contributed by atoms with van der Waals surface area (Å²) in [6.45, 7) is 3.36. The van der Waals surface area contributed by atoms with Crippen molar-refractivity contribution in [3.63, 3.8) is 0 Å². The molecule has 0 bridgehead atoms. The Morgan fingerprint density at radius 2 is 2.11 bits per heavy atom. The Bertz CT molecular complexity index is 990. The van der Waals surface area contributed by atoms with Gasteiger partial charge in [0.15, 0.2) is 0 Å². The SMILES string of the molecule is CCn1c(N2CCC(NC(=O)O)CC2)nc(-c2ccc(C#N)c(F)c2)cc1=O. The van der Waals surface area contributed by atoms with E-state index in [0.29, 0.717) is 49.7 Å². The van der Waals surface area contributed by atoms with Crippen molar-refractivity contribution < 1.29 is 14.3 Å². The second-order valence-corrected chi connectivity index (χ2v) is 6.54. The number of halogens is 1. The van der Waals surface area contributed by atoms with E-state index in [2.05, 4.69) is 10.3 Å². The molecule has 0 aliphatic carbocycles. The summed E-state index contributed by atoms with van der Waals surface area (Å²) in [7, 11) is 0. The van der Waals surface area contributed by atoms with E-state index in [-0.39, 0.29) is 17.2 Å². The van der Waals surface area contributed by atoms with Crippen molar-refractivity contribution in [3.05, 3.63) is 46.0 Å². The number of hydrogen-bond acceptors (Lipinski definition) is 5. The van der Waals surface area contributed by atoms with Gasteiger partial charge >= 0.3 is 6.09 Å². The fourth-order valence-electron chi connectivity index (χ4n) is 3.34. The molecule has 0 spiro atoms. The van der Waals surface area contributed by atoms with Crippen molar-refractivity contribution in [3.8, 4) is 17.3 Å². The van der Waals surface area contributed by atoms with Crippen LogP contribution in [0.2, 0.25) is 0 Å². The Kier molecular flexibility index (Phi) is 5.59. The predicted octanol–water partition coefficient (Wildman–Crippen LogP) is 2.18. The second-order valence-electron chi connectivity index (χ2n) is 6.54. The zero-order valence-electron chi connectivity index (χ0n) is 15.4. The Labute approximate surface area is 160 Å². The van der Waals surface area contributed by atoms with Crippen molar-refractivity contribution in [2.75, 3.05) is 18.0 Å². The number of nitrogens with one attached hydrogen (secondary N) is 1. The van der Waals surface area contributed by atoms with Crippen LogP contribution in [0.3, 0.4) is 0 Å². The standard InChI is InChI=1S/C19H20FN5O3/c1-2-25-17(26)10-16(12-3-4-13(11-21)15(20)9-12)23-18(25)24-7-5-14(6-8-24)22-19(27)28/h3-4,9-10,14,22H,2,5-8H2,1H3,(H,27,28). The van der Waals surface area contributed by atoms with Crippen LogP contribution >= 0.6 is 0 Å². The molecule has 28 heavy (non-hydrogen) atoms. The molecule has 3 rings (SSSR count). The Hall–Kier alpha value is -3.41. The van der Waals surface area contributed by atoms with Gasteiger partial charge < -0.3 is 15.3 Å². The van der Waals surface area contributed by atoms with Crippen LogP contribution in [0, 0.1) is 17.1 Å². The van der Waals surface area contributed by atoms with Gasteiger partial charge in [-0.25, -0.2) is 14.2 Å². The Balaban J connectivity index is 1.94. The van der Waals surface area contributed by atoms with Gasteiger partial charge in [-0.15, -0.1) is 0 Å². The molecule has 9 heteroatoms. The number of nitriles is 1. The monoisotopic (exact) mass is 385 g/mol. The summed E-state index contributed by atoms with van der Waals surface area (Å²) in [5.74, 6) is -0.188. The van der Waals surface area contributed by atoms with Crippen LogP contribution in [0.4, 0.5) is 15.1 Å². The summed E-state index contributed by atoms with van der Waals surface area (Å²) in [4.78, 5) is 29.9. The molecule has 8 nitrogen and oxygen atoms in total. The molecular weight excluding hydrogens is 365 g/mol. The highest BCUT2D eigenvalue weighted by molar-refractivity contribution is 5.65. The molecule has 1 aromatic heterocycles. The van der Waals surface area contributed by atoms with Crippen molar-refractivity contribution in [1.29, 1.82) is 5.26 Å². The molecule has 2 heterocycles. The molecule has 1 saturated heterocycles. The van der Waals surface area contributed by atoms with Crippen LogP contribution in [-0.4, -0.2) is 39.9 Å². The first-order valence-electron chi connectivity index (χ1n) is 8.99. The van der Waals surface area contributed by atoms with Gasteiger partial charge in [-0.05, 0) is 31.9 Å². The topological polar surface area (TPSA) is 111 Å². The predicted molar refractivity (Wildman–Crippen MR) is 101 cm³/mol. The second kappa shape index (κ2) is 8.08. The van der Waals surface area contributed by atoms with E-state index in [1.165, 1.54) is 22.8 Å². The lowest BCUT2D eigenvalue weighted by Crippen LogP contribution is -2.46. The van der Waals surface area contributed by atoms with Gasteiger partial charge in [-0.1, -0.05) is 6.07 Å². The minimum Gasteiger partial charge on any atom is -0.465 e. The average molecular weight is 385 g/mol. The van der Waals surface area contributed by atoms with Gasteiger partial charge in [0.2, 0.25) is 5.95 Å². The van der Waals surface area contributed by atoms with Gasteiger partial charge in [-0.3, -0.25) is 9.36 Å². The van der Waals surface area contributed by atoms with Gasteiger partial charge in [0.05, 0.1) is 11.3 Å².